The molecule has 0 aliphatic heterocycles. The van der Waals surface area contributed by atoms with Gasteiger partial charge in [-0.1, -0.05) is 29.8 Å². The van der Waals surface area contributed by atoms with Gasteiger partial charge in [-0.15, -0.1) is 13.2 Å². The van der Waals surface area contributed by atoms with E-state index in [1.54, 1.807) is 62.6 Å². The molecule has 0 aliphatic rings. The molecule has 0 aromatic heterocycles. The van der Waals surface area contributed by atoms with Gasteiger partial charge in [-0.05, 0) is 67.6 Å². The van der Waals surface area contributed by atoms with Crippen molar-refractivity contribution < 1.29 is 55.0 Å². The van der Waals surface area contributed by atoms with E-state index in [4.69, 9.17) is 18.9 Å². The SMILES string of the molecule is CNc1ccc(OC(F)(F)F)cc1.COc1ccc(CN(Cc2ccc(OC)cc2OC)S(=O)(=O)c2ccc(N(C)C(=O)N(C)c3ccc(C)cc3)c([N+](=O)[O-])c2)c(OC)c1. The molecular formula is C42H46F3N5O10S. The van der Waals surface area contributed by atoms with E-state index >= 15 is 0 Å². The summed E-state index contributed by atoms with van der Waals surface area (Å²) in [6.45, 7) is 1.58. The third-order valence-corrected chi connectivity index (χ3v) is 11.0. The van der Waals surface area contributed by atoms with E-state index in [-0.39, 0.29) is 29.4 Å². The topological polar surface area (TPSA) is 162 Å². The average molecular weight is 870 g/mol. The monoisotopic (exact) mass is 869 g/mol. The van der Waals surface area contributed by atoms with Gasteiger partial charge >= 0.3 is 12.4 Å². The second kappa shape index (κ2) is 20.5. The molecule has 0 saturated carbocycles. The van der Waals surface area contributed by atoms with Crippen LogP contribution < -0.4 is 38.8 Å². The fourth-order valence-corrected chi connectivity index (χ4v) is 7.26. The van der Waals surface area contributed by atoms with Gasteiger partial charge < -0.3 is 29.0 Å². The number of anilines is 3. The molecule has 0 aliphatic carbocycles. The number of rotatable bonds is 15. The maximum atomic E-state index is 14.4. The van der Waals surface area contributed by atoms with E-state index in [2.05, 4.69) is 10.1 Å². The Balaban J connectivity index is 0.000000537. The van der Waals surface area contributed by atoms with Gasteiger partial charge in [-0.2, -0.15) is 4.31 Å². The first kappa shape index (κ1) is 47.0. The number of hydrogen-bond acceptors (Lipinski definition) is 11. The average Bonchev–Trinajstić information content (AvgIpc) is 3.25. The van der Waals surface area contributed by atoms with Crippen LogP contribution in [0, 0.1) is 17.0 Å². The van der Waals surface area contributed by atoms with Crippen LogP contribution in [0.15, 0.2) is 108 Å². The summed E-state index contributed by atoms with van der Waals surface area (Å²) in [7, 11) is 6.12. The molecule has 5 rings (SSSR count). The Hall–Kier alpha value is -6.73. The zero-order valence-electron chi connectivity index (χ0n) is 34.6. The number of nitrogens with one attached hydrogen (secondary N) is 1. The smallest absolute Gasteiger partial charge is 0.497 e. The number of amides is 2. The summed E-state index contributed by atoms with van der Waals surface area (Å²) in [5.74, 6) is 1.58. The molecule has 0 spiro atoms. The Kier molecular flexibility index (Phi) is 15.8. The maximum absolute atomic E-state index is 14.4. The molecule has 2 amide bonds. The third-order valence-electron chi connectivity index (χ3n) is 9.20. The number of sulfonamides is 1. The first-order valence-corrected chi connectivity index (χ1v) is 19.6. The molecule has 0 radical (unpaired) electrons. The number of alkyl halides is 3. The highest BCUT2D eigenvalue weighted by atomic mass is 32.2. The normalized spacial score (nSPS) is 11.1. The summed E-state index contributed by atoms with van der Waals surface area (Å²) >= 11 is 0. The van der Waals surface area contributed by atoms with Gasteiger partial charge in [-0.25, -0.2) is 13.2 Å². The zero-order valence-corrected chi connectivity index (χ0v) is 35.5. The highest BCUT2D eigenvalue weighted by molar-refractivity contribution is 7.89. The fourth-order valence-electron chi connectivity index (χ4n) is 5.84. The van der Waals surface area contributed by atoms with Crippen molar-refractivity contribution in [2.24, 2.45) is 0 Å². The number of aryl methyl sites for hydroxylation is 1. The third kappa shape index (κ3) is 12.2. The number of nitrogens with zero attached hydrogens (tertiary/aromatic N) is 4. The van der Waals surface area contributed by atoms with Gasteiger partial charge in [0, 0.05) is 74.9 Å². The lowest BCUT2D eigenvalue weighted by Crippen LogP contribution is -2.39. The fraction of sp³-hybridized carbons (Fsp3) is 0.262. The molecule has 0 bridgehead atoms. The number of ether oxygens (including phenoxy) is 5. The Morgan fingerprint density at radius 2 is 1.23 bits per heavy atom. The van der Waals surface area contributed by atoms with Gasteiger partial charge in [0.25, 0.3) is 5.69 Å². The maximum Gasteiger partial charge on any atom is 0.573 e. The second-order valence-electron chi connectivity index (χ2n) is 13.1. The lowest BCUT2D eigenvalue weighted by atomic mass is 10.1. The Morgan fingerprint density at radius 3 is 1.67 bits per heavy atom. The summed E-state index contributed by atoms with van der Waals surface area (Å²) in [6, 6.07) is 25.6. The van der Waals surface area contributed by atoms with Crippen LogP contribution in [0.2, 0.25) is 0 Å². The summed E-state index contributed by atoms with van der Waals surface area (Å²) in [5.41, 5.74) is 2.71. The Labute approximate surface area is 352 Å². The minimum Gasteiger partial charge on any atom is -0.497 e. The van der Waals surface area contributed by atoms with Crippen LogP contribution >= 0.6 is 0 Å². The Morgan fingerprint density at radius 1 is 0.721 bits per heavy atom. The number of nitro benzene ring substituents is 1. The quantitative estimate of drug-likeness (QED) is 0.0792. The van der Waals surface area contributed by atoms with Crippen LogP contribution in [0.5, 0.6) is 28.7 Å². The van der Waals surface area contributed by atoms with Crippen LogP contribution in [0.25, 0.3) is 0 Å². The van der Waals surface area contributed by atoms with E-state index in [0.29, 0.717) is 39.8 Å². The van der Waals surface area contributed by atoms with Crippen molar-refractivity contribution >= 4 is 38.8 Å². The second-order valence-corrected chi connectivity index (χ2v) is 15.0. The summed E-state index contributed by atoms with van der Waals surface area (Å²) in [4.78, 5) is 27.1. The van der Waals surface area contributed by atoms with E-state index < -0.39 is 33.0 Å². The molecule has 0 unspecified atom stereocenters. The first-order chi connectivity index (χ1) is 28.8. The highest BCUT2D eigenvalue weighted by Gasteiger charge is 2.33. The van der Waals surface area contributed by atoms with Crippen molar-refractivity contribution in [3.63, 3.8) is 0 Å². The van der Waals surface area contributed by atoms with Crippen molar-refractivity contribution in [1.82, 2.24) is 4.31 Å². The van der Waals surface area contributed by atoms with Gasteiger partial charge in [0.2, 0.25) is 10.0 Å². The standard InChI is InChI=1S/C34H38N4O9S.C8H8F3NO/c1-23-8-12-26(13-9-23)35(2)34(39)36(3)30-17-16-29(20-31(30)38(40)41)48(42,43)37(21-24-10-14-27(44-4)18-32(24)46-6)22-25-11-15-28(45-5)19-33(25)47-7;1-12-6-2-4-7(5-3-6)13-8(9,10)11/h8-20H,21-22H2,1-7H3;2-5,12H,1H3. The molecule has 5 aromatic rings. The largest absolute Gasteiger partial charge is 0.573 e. The minimum atomic E-state index is -4.62. The molecule has 1 N–H and O–H groups in total. The highest BCUT2D eigenvalue weighted by Crippen LogP contribution is 2.36. The van der Waals surface area contributed by atoms with Gasteiger partial charge in [0.05, 0.1) is 38.3 Å². The van der Waals surface area contributed by atoms with Crippen LogP contribution in [-0.2, 0) is 23.1 Å². The first-order valence-electron chi connectivity index (χ1n) is 18.2. The van der Waals surface area contributed by atoms with Gasteiger partial charge in [-0.3, -0.25) is 19.9 Å². The summed E-state index contributed by atoms with van der Waals surface area (Å²) < 4.78 is 90.3. The van der Waals surface area contributed by atoms with E-state index in [9.17, 15) is 36.5 Å². The van der Waals surface area contributed by atoms with Crippen molar-refractivity contribution in [2.75, 3.05) is 64.7 Å². The van der Waals surface area contributed by atoms with Crippen LogP contribution in [0.3, 0.4) is 0 Å². The number of carbonyl (C=O) groups excluding carboxylic acids is 1. The van der Waals surface area contributed by atoms with Crippen molar-refractivity contribution in [3.8, 4) is 28.7 Å². The number of benzene rings is 5. The predicted octanol–water partition coefficient (Wildman–Crippen LogP) is 8.65. The molecular weight excluding hydrogens is 824 g/mol. The lowest BCUT2D eigenvalue weighted by Gasteiger charge is -2.26. The van der Waals surface area contributed by atoms with Crippen molar-refractivity contribution in [3.05, 3.63) is 130 Å². The summed E-state index contributed by atoms with van der Waals surface area (Å²) in [6.07, 6.45) is -4.62. The number of methoxy groups -OCH3 is 4. The number of nitro groups is 1. The molecule has 0 fully saturated rings. The van der Waals surface area contributed by atoms with Gasteiger partial charge in [0.15, 0.2) is 0 Å². The lowest BCUT2D eigenvalue weighted by molar-refractivity contribution is -0.384. The minimum absolute atomic E-state index is 0.0805. The van der Waals surface area contributed by atoms with Gasteiger partial charge in [0.1, 0.15) is 34.4 Å². The van der Waals surface area contributed by atoms with E-state index in [0.717, 1.165) is 22.2 Å². The molecule has 19 heteroatoms. The van der Waals surface area contributed by atoms with Crippen molar-refractivity contribution in [2.45, 2.75) is 31.3 Å². The molecule has 61 heavy (non-hydrogen) atoms. The number of urea groups is 1. The van der Waals surface area contributed by atoms with E-state index in [1.807, 2.05) is 19.1 Å². The predicted molar refractivity (Wildman–Crippen MR) is 225 cm³/mol. The van der Waals surface area contributed by atoms with Crippen LogP contribution in [-0.4, -0.2) is 79.6 Å². The summed E-state index contributed by atoms with van der Waals surface area (Å²) in [5, 5.41) is 15.1. The molecule has 0 atom stereocenters. The van der Waals surface area contributed by atoms with Crippen molar-refractivity contribution in [1.29, 1.82) is 0 Å². The van der Waals surface area contributed by atoms with Crippen LogP contribution in [0.1, 0.15) is 16.7 Å². The molecule has 0 heterocycles. The number of halogens is 3. The Bertz CT molecular complexity index is 2340. The molecule has 0 saturated heterocycles. The molecule has 5 aromatic carbocycles. The number of carbonyl (C=O) groups is 1. The zero-order chi connectivity index (χ0) is 45.1. The molecule has 326 valence electrons. The number of hydrogen-bond donors (Lipinski definition) is 1. The van der Waals surface area contributed by atoms with E-state index in [1.165, 1.54) is 81.1 Å². The van der Waals surface area contributed by atoms with Crippen LogP contribution in [0.4, 0.5) is 40.7 Å². The molecule has 15 nitrogen and oxygen atoms in total.